The third-order valence-electron chi connectivity index (χ3n) is 6.30. The highest BCUT2D eigenvalue weighted by molar-refractivity contribution is 6.38. The number of ketones is 1. The van der Waals surface area contributed by atoms with Crippen molar-refractivity contribution in [2.24, 2.45) is 0 Å². The summed E-state index contributed by atoms with van der Waals surface area (Å²) in [6.07, 6.45) is 0.761. The molecule has 1 aliphatic heterocycles. The van der Waals surface area contributed by atoms with E-state index in [1.165, 1.54) is 4.90 Å². The van der Waals surface area contributed by atoms with Crippen molar-refractivity contribution in [2.75, 3.05) is 0 Å². The molecule has 190 valence electrons. The van der Waals surface area contributed by atoms with Gasteiger partial charge in [0.25, 0.3) is 0 Å². The van der Waals surface area contributed by atoms with Crippen molar-refractivity contribution in [1.29, 1.82) is 0 Å². The van der Waals surface area contributed by atoms with Crippen LogP contribution >= 0.6 is 0 Å². The van der Waals surface area contributed by atoms with E-state index in [9.17, 15) is 19.2 Å². The average molecular weight is 499 g/mol. The summed E-state index contributed by atoms with van der Waals surface area (Å²) in [6, 6.07) is 26.3. The summed E-state index contributed by atoms with van der Waals surface area (Å²) >= 11 is 0. The summed E-state index contributed by atoms with van der Waals surface area (Å²) in [5.41, 5.74) is 7.85. The molecule has 8 nitrogen and oxygen atoms in total. The highest BCUT2D eigenvalue weighted by Crippen LogP contribution is 2.22. The maximum atomic E-state index is 13.3. The molecular formula is C29H30N4O4. The van der Waals surface area contributed by atoms with Gasteiger partial charge in [-0.25, -0.2) is 5.43 Å². The smallest absolute Gasteiger partial charge is 0.303 e. The maximum Gasteiger partial charge on any atom is 0.303 e. The van der Waals surface area contributed by atoms with Gasteiger partial charge in [0.05, 0.1) is 0 Å². The van der Waals surface area contributed by atoms with Crippen molar-refractivity contribution in [2.45, 2.75) is 44.4 Å². The zero-order chi connectivity index (χ0) is 26.0. The molecule has 1 heterocycles. The van der Waals surface area contributed by atoms with Gasteiger partial charge < -0.3 is 10.2 Å². The molecule has 37 heavy (non-hydrogen) atoms. The highest BCUT2D eigenvalue weighted by atomic mass is 16.2. The predicted octanol–water partition coefficient (Wildman–Crippen LogP) is 2.30. The van der Waals surface area contributed by atoms with Crippen LogP contribution in [0.3, 0.4) is 0 Å². The third-order valence-corrected chi connectivity index (χ3v) is 6.30. The lowest BCUT2D eigenvalue weighted by atomic mass is 10.0. The molecule has 1 aliphatic rings. The van der Waals surface area contributed by atoms with Gasteiger partial charge in [-0.2, -0.15) is 0 Å². The van der Waals surface area contributed by atoms with E-state index >= 15 is 0 Å². The summed E-state index contributed by atoms with van der Waals surface area (Å²) < 4.78 is 0. The first-order valence-corrected chi connectivity index (χ1v) is 12.3. The second kappa shape index (κ2) is 12.6. The Labute approximate surface area is 216 Å². The molecule has 3 amide bonds. The van der Waals surface area contributed by atoms with E-state index in [2.05, 4.69) is 16.2 Å². The quantitative estimate of drug-likeness (QED) is 0.278. The van der Waals surface area contributed by atoms with Gasteiger partial charge in [-0.3, -0.25) is 24.6 Å². The van der Waals surface area contributed by atoms with Crippen molar-refractivity contribution in [3.05, 3.63) is 108 Å². The minimum absolute atomic E-state index is 0.113. The summed E-state index contributed by atoms with van der Waals surface area (Å²) in [7, 11) is 0. The second-order valence-corrected chi connectivity index (χ2v) is 8.97. The van der Waals surface area contributed by atoms with Gasteiger partial charge in [0, 0.05) is 25.9 Å². The normalized spacial score (nSPS) is 15.7. The first-order chi connectivity index (χ1) is 18.0. The maximum absolute atomic E-state index is 13.3. The molecule has 2 atom stereocenters. The van der Waals surface area contributed by atoms with Crippen LogP contribution < -0.4 is 16.2 Å². The number of benzene rings is 3. The molecule has 0 saturated carbocycles. The lowest BCUT2D eigenvalue weighted by molar-refractivity contribution is -0.141. The van der Waals surface area contributed by atoms with Crippen molar-refractivity contribution in [3.63, 3.8) is 0 Å². The molecule has 1 fully saturated rings. The Hall–Kier alpha value is -4.30. The first kappa shape index (κ1) is 25.8. The summed E-state index contributed by atoms with van der Waals surface area (Å²) in [5.74, 6) is -2.17. The molecule has 4 rings (SSSR count). The van der Waals surface area contributed by atoms with Crippen LogP contribution in [0.1, 0.15) is 29.5 Å². The number of hydrogen-bond donors (Lipinski definition) is 3. The van der Waals surface area contributed by atoms with Crippen molar-refractivity contribution < 1.29 is 19.2 Å². The van der Waals surface area contributed by atoms with Gasteiger partial charge in [0.2, 0.25) is 17.6 Å². The number of nitrogens with zero attached hydrogens (tertiary/aromatic N) is 1. The van der Waals surface area contributed by atoms with Crippen LogP contribution in [0.5, 0.6) is 0 Å². The van der Waals surface area contributed by atoms with E-state index in [-0.39, 0.29) is 18.7 Å². The number of likely N-dealkylation sites (tertiary alicyclic amines) is 1. The van der Waals surface area contributed by atoms with Crippen LogP contribution in [0.2, 0.25) is 0 Å². The van der Waals surface area contributed by atoms with Crippen LogP contribution in [-0.2, 0) is 38.7 Å². The first-order valence-electron chi connectivity index (χ1n) is 12.3. The molecule has 3 aromatic carbocycles. The van der Waals surface area contributed by atoms with E-state index in [0.29, 0.717) is 19.5 Å². The minimum atomic E-state index is -1.08. The Bertz CT molecular complexity index is 1220. The average Bonchev–Trinajstić information content (AvgIpc) is 3.29. The van der Waals surface area contributed by atoms with Crippen LogP contribution in [-0.4, -0.2) is 40.5 Å². The van der Waals surface area contributed by atoms with Gasteiger partial charge >= 0.3 is 5.91 Å². The van der Waals surface area contributed by atoms with Gasteiger partial charge in [-0.05, 0) is 23.1 Å². The van der Waals surface area contributed by atoms with Gasteiger partial charge in [0.1, 0.15) is 12.1 Å². The fourth-order valence-corrected chi connectivity index (χ4v) is 4.35. The van der Waals surface area contributed by atoms with E-state index in [1.54, 1.807) is 0 Å². The molecule has 1 unspecified atom stereocenters. The zero-order valence-corrected chi connectivity index (χ0v) is 20.4. The van der Waals surface area contributed by atoms with Gasteiger partial charge in [-0.15, -0.1) is 0 Å². The third kappa shape index (κ3) is 7.11. The highest BCUT2D eigenvalue weighted by Gasteiger charge is 2.38. The number of carbonyl (C=O) groups excluding carboxylic acids is 4. The molecule has 0 bridgehead atoms. The molecule has 0 aliphatic carbocycles. The number of hydrazine groups is 1. The molecular weight excluding hydrogens is 468 g/mol. The largest absolute Gasteiger partial charge is 0.344 e. The molecule has 3 N–H and O–H groups in total. The van der Waals surface area contributed by atoms with Crippen LogP contribution in [0.15, 0.2) is 91.0 Å². The number of amides is 3. The number of nitrogens with one attached hydrogen (secondary N) is 3. The van der Waals surface area contributed by atoms with Crippen molar-refractivity contribution >= 4 is 23.5 Å². The fraction of sp³-hybridized carbons (Fsp3) is 0.241. The van der Waals surface area contributed by atoms with Gasteiger partial charge in [-0.1, -0.05) is 91.0 Å². The molecule has 0 spiro atoms. The summed E-state index contributed by atoms with van der Waals surface area (Å²) in [6.45, 7) is 0.646. The molecule has 0 radical (unpaired) electrons. The Kier molecular flexibility index (Phi) is 8.78. The van der Waals surface area contributed by atoms with E-state index in [0.717, 1.165) is 16.7 Å². The summed E-state index contributed by atoms with van der Waals surface area (Å²) in [4.78, 5) is 53.2. The molecule has 1 saturated heterocycles. The van der Waals surface area contributed by atoms with Crippen LogP contribution in [0.4, 0.5) is 0 Å². The van der Waals surface area contributed by atoms with E-state index in [4.69, 9.17) is 0 Å². The molecule has 3 aromatic rings. The molecule has 8 heteroatoms. The standard InChI is InChI=1S/C29H30N4O4/c34-26-17-16-25(33(26)20-23-14-8-3-9-15-23)28(36)31-24(18-21-10-4-1-5-11-21)27(35)29(37)32-30-19-22-12-6-2-7-13-22/h1-15,24-25,30H,16-20H2,(H,31,36)(H,32,37)/t24?,25-/m1/s1. The lowest BCUT2D eigenvalue weighted by Gasteiger charge is -2.26. The second-order valence-electron chi connectivity index (χ2n) is 8.97. The monoisotopic (exact) mass is 498 g/mol. The minimum Gasteiger partial charge on any atom is -0.344 e. The number of carbonyl (C=O) groups is 4. The summed E-state index contributed by atoms with van der Waals surface area (Å²) in [5, 5.41) is 2.76. The zero-order valence-electron chi connectivity index (χ0n) is 20.4. The molecule has 0 aromatic heterocycles. The van der Waals surface area contributed by atoms with Crippen molar-refractivity contribution in [1.82, 2.24) is 21.1 Å². The van der Waals surface area contributed by atoms with E-state index in [1.807, 2.05) is 91.0 Å². The SMILES string of the molecule is O=C(NNCc1ccccc1)C(=O)C(Cc1ccccc1)NC(=O)[C@H]1CCC(=O)N1Cc1ccccc1. The number of Topliss-reactive ketones (excluding diaryl/α,β-unsaturated/α-hetero) is 1. The van der Waals surface area contributed by atoms with E-state index < -0.39 is 29.7 Å². The predicted molar refractivity (Wildman–Crippen MR) is 139 cm³/mol. The lowest BCUT2D eigenvalue weighted by Crippen LogP contribution is -2.54. The van der Waals surface area contributed by atoms with Crippen molar-refractivity contribution in [3.8, 4) is 0 Å². The van der Waals surface area contributed by atoms with Crippen LogP contribution in [0.25, 0.3) is 0 Å². The Morgan fingerprint density at radius 3 is 2.00 bits per heavy atom. The van der Waals surface area contributed by atoms with Crippen LogP contribution in [0, 0.1) is 0 Å². The fourth-order valence-electron chi connectivity index (χ4n) is 4.35. The Morgan fingerprint density at radius 2 is 1.38 bits per heavy atom. The Balaban J connectivity index is 1.43. The Morgan fingerprint density at radius 1 is 0.811 bits per heavy atom. The van der Waals surface area contributed by atoms with Gasteiger partial charge in [0.15, 0.2) is 0 Å². The topological polar surface area (TPSA) is 108 Å². The number of hydrogen-bond acceptors (Lipinski definition) is 5. The number of rotatable bonds is 11.